The molecule has 164 valence electrons. The second-order valence-corrected chi connectivity index (χ2v) is 8.99. The van der Waals surface area contributed by atoms with Gasteiger partial charge in [0.2, 0.25) is 0 Å². The summed E-state index contributed by atoms with van der Waals surface area (Å²) < 4.78 is 4.96. The molecule has 1 atom stereocenters. The predicted octanol–water partition coefficient (Wildman–Crippen LogP) is 6.50. The van der Waals surface area contributed by atoms with E-state index in [0.717, 1.165) is 44.2 Å². The van der Waals surface area contributed by atoms with Crippen molar-refractivity contribution in [2.24, 2.45) is 0 Å². The number of benzene rings is 3. The number of imidazole rings is 1. The Kier molecular flexibility index (Phi) is 5.94. The monoisotopic (exact) mass is 473 g/mol. The molecule has 0 saturated carbocycles. The van der Waals surface area contributed by atoms with Crippen LogP contribution in [0.1, 0.15) is 32.5 Å². The van der Waals surface area contributed by atoms with E-state index in [1.807, 2.05) is 60.8 Å². The zero-order valence-electron chi connectivity index (χ0n) is 17.8. The van der Waals surface area contributed by atoms with Gasteiger partial charge in [0.15, 0.2) is 0 Å². The maximum absolute atomic E-state index is 12.2. The van der Waals surface area contributed by atoms with Gasteiger partial charge in [0.05, 0.1) is 30.6 Å². The van der Waals surface area contributed by atoms with Crippen molar-refractivity contribution >= 4 is 39.7 Å². The lowest BCUT2D eigenvalue weighted by atomic mass is 9.96. The standard InChI is InChI=1S/C26H20ClN3O2S/c1-32-26(31)21-7-3-4-18-19(21)5-2-6-20(18)24-14-33-25(30-24)22(23-13-28-15-29-23)12-16-8-10-17(27)11-9-16/h2-11,13-15,22H,12H2,1H3,(H,28,29). The van der Waals surface area contributed by atoms with Gasteiger partial charge < -0.3 is 9.72 Å². The summed E-state index contributed by atoms with van der Waals surface area (Å²) in [5.41, 5.74) is 4.59. The number of halogens is 1. The Morgan fingerprint density at radius 3 is 2.64 bits per heavy atom. The number of carbonyl (C=O) groups excluding carboxylic acids is 1. The molecule has 2 aromatic heterocycles. The predicted molar refractivity (Wildman–Crippen MR) is 132 cm³/mol. The lowest BCUT2D eigenvalue weighted by Crippen LogP contribution is -2.05. The topological polar surface area (TPSA) is 67.9 Å². The fourth-order valence-electron chi connectivity index (χ4n) is 4.04. The van der Waals surface area contributed by atoms with Crippen molar-refractivity contribution in [3.63, 3.8) is 0 Å². The first kappa shape index (κ1) is 21.4. The van der Waals surface area contributed by atoms with E-state index >= 15 is 0 Å². The molecule has 0 radical (unpaired) electrons. The van der Waals surface area contributed by atoms with Crippen LogP contribution in [0.25, 0.3) is 22.0 Å². The van der Waals surface area contributed by atoms with Gasteiger partial charge in [-0.05, 0) is 41.0 Å². The number of H-pyrrole nitrogens is 1. The second kappa shape index (κ2) is 9.17. The normalized spacial score (nSPS) is 12.1. The van der Waals surface area contributed by atoms with Crippen LogP contribution in [-0.2, 0) is 11.2 Å². The van der Waals surface area contributed by atoms with Crippen LogP contribution in [0, 0.1) is 0 Å². The Morgan fingerprint density at radius 1 is 1.09 bits per heavy atom. The molecule has 0 aliphatic carbocycles. The number of esters is 1. The summed E-state index contributed by atoms with van der Waals surface area (Å²) in [4.78, 5) is 24.7. The van der Waals surface area contributed by atoms with Crippen LogP contribution >= 0.6 is 22.9 Å². The van der Waals surface area contributed by atoms with Crippen LogP contribution in [0.5, 0.6) is 0 Å². The van der Waals surface area contributed by atoms with Gasteiger partial charge in [-0.1, -0.05) is 54.1 Å². The summed E-state index contributed by atoms with van der Waals surface area (Å²) >= 11 is 7.69. The minimum Gasteiger partial charge on any atom is -0.465 e. The van der Waals surface area contributed by atoms with Crippen molar-refractivity contribution in [1.82, 2.24) is 15.0 Å². The number of thiazole rings is 1. The molecule has 33 heavy (non-hydrogen) atoms. The van der Waals surface area contributed by atoms with E-state index in [4.69, 9.17) is 21.3 Å². The molecule has 2 heterocycles. The fraction of sp³-hybridized carbons (Fsp3) is 0.115. The van der Waals surface area contributed by atoms with Gasteiger partial charge in [0.25, 0.3) is 0 Å². The highest BCUT2D eigenvalue weighted by atomic mass is 35.5. The molecule has 5 aromatic rings. The molecule has 3 aromatic carbocycles. The molecule has 5 rings (SSSR count). The lowest BCUT2D eigenvalue weighted by molar-refractivity contribution is 0.0603. The number of fused-ring (bicyclic) bond motifs is 1. The average molecular weight is 474 g/mol. The van der Waals surface area contributed by atoms with Gasteiger partial charge in [0, 0.05) is 27.9 Å². The molecule has 1 unspecified atom stereocenters. The first-order valence-electron chi connectivity index (χ1n) is 10.4. The van der Waals surface area contributed by atoms with Crippen molar-refractivity contribution in [3.05, 3.63) is 105 Å². The summed E-state index contributed by atoms with van der Waals surface area (Å²) in [6, 6.07) is 19.5. The Balaban J connectivity index is 1.55. The number of aromatic amines is 1. The highest BCUT2D eigenvalue weighted by Gasteiger charge is 2.21. The van der Waals surface area contributed by atoms with Crippen LogP contribution in [0.15, 0.2) is 78.6 Å². The molecule has 0 aliphatic rings. The molecule has 7 heteroatoms. The fourth-order valence-corrected chi connectivity index (χ4v) is 5.10. The van der Waals surface area contributed by atoms with Gasteiger partial charge in [-0.3, -0.25) is 0 Å². The third kappa shape index (κ3) is 4.27. The molecule has 0 amide bonds. The Bertz CT molecular complexity index is 1410. The van der Waals surface area contributed by atoms with Crippen LogP contribution in [-0.4, -0.2) is 28.0 Å². The Hall–Kier alpha value is -3.48. The van der Waals surface area contributed by atoms with E-state index in [0.29, 0.717) is 5.56 Å². The molecule has 0 spiro atoms. The first-order valence-corrected chi connectivity index (χ1v) is 11.7. The van der Waals surface area contributed by atoms with Crippen molar-refractivity contribution in [2.75, 3.05) is 7.11 Å². The van der Waals surface area contributed by atoms with Crippen molar-refractivity contribution in [2.45, 2.75) is 12.3 Å². The van der Waals surface area contributed by atoms with E-state index in [-0.39, 0.29) is 11.9 Å². The number of aromatic nitrogens is 3. The molecule has 0 fully saturated rings. The molecule has 0 aliphatic heterocycles. The smallest absolute Gasteiger partial charge is 0.338 e. The highest BCUT2D eigenvalue weighted by molar-refractivity contribution is 7.10. The second-order valence-electron chi connectivity index (χ2n) is 7.66. The third-order valence-corrected chi connectivity index (χ3v) is 6.88. The minimum absolute atomic E-state index is 0.0352. The van der Waals surface area contributed by atoms with Crippen LogP contribution in [0.2, 0.25) is 5.02 Å². The summed E-state index contributed by atoms with van der Waals surface area (Å²) in [6.07, 6.45) is 4.31. The highest BCUT2D eigenvalue weighted by Crippen LogP contribution is 2.35. The van der Waals surface area contributed by atoms with E-state index in [9.17, 15) is 4.79 Å². The van der Waals surface area contributed by atoms with Crippen LogP contribution in [0.4, 0.5) is 0 Å². The molecule has 0 bridgehead atoms. The maximum atomic E-state index is 12.2. The first-order chi connectivity index (χ1) is 16.1. The summed E-state index contributed by atoms with van der Waals surface area (Å²) in [5, 5.41) is 5.59. The number of rotatable bonds is 6. The minimum atomic E-state index is -0.348. The van der Waals surface area contributed by atoms with E-state index < -0.39 is 0 Å². The summed E-state index contributed by atoms with van der Waals surface area (Å²) in [7, 11) is 1.40. The van der Waals surface area contributed by atoms with E-state index in [2.05, 4.69) is 15.3 Å². The molecule has 5 nitrogen and oxygen atoms in total. The summed E-state index contributed by atoms with van der Waals surface area (Å²) in [6.45, 7) is 0. The van der Waals surface area contributed by atoms with Gasteiger partial charge in [0.1, 0.15) is 5.01 Å². The van der Waals surface area contributed by atoms with Crippen LogP contribution in [0.3, 0.4) is 0 Å². The number of hydrogen-bond acceptors (Lipinski definition) is 5. The number of methoxy groups -OCH3 is 1. The number of nitrogens with zero attached hydrogens (tertiary/aromatic N) is 2. The lowest BCUT2D eigenvalue weighted by Gasteiger charge is -2.13. The zero-order valence-corrected chi connectivity index (χ0v) is 19.4. The van der Waals surface area contributed by atoms with E-state index in [1.165, 1.54) is 12.7 Å². The third-order valence-electron chi connectivity index (χ3n) is 5.67. The van der Waals surface area contributed by atoms with Gasteiger partial charge in [-0.2, -0.15) is 0 Å². The van der Waals surface area contributed by atoms with Gasteiger partial charge in [-0.15, -0.1) is 11.3 Å². The van der Waals surface area contributed by atoms with Crippen molar-refractivity contribution in [1.29, 1.82) is 0 Å². The number of ether oxygens (including phenoxy) is 1. The van der Waals surface area contributed by atoms with Gasteiger partial charge in [-0.25, -0.2) is 14.8 Å². The number of carbonyl (C=O) groups is 1. The Labute approximate surface area is 200 Å². The van der Waals surface area contributed by atoms with Gasteiger partial charge >= 0.3 is 5.97 Å². The molecular formula is C26H20ClN3O2S. The van der Waals surface area contributed by atoms with Crippen molar-refractivity contribution < 1.29 is 9.53 Å². The maximum Gasteiger partial charge on any atom is 0.338 e. The van der Waals surface area contributed by atoms with Crippen molar-refractivity contribution in [3.8, 4) is 11.3 Å². The SMILES string of the molecule is COC(=O)c1cccc2c(-c3csc(C(Cc4ccc(Cl)cc4)c4cnc[nH]4)n3)cccc12. The molecule has 1 N–H and O–H groups in total. The number of nitrogens with one attached hydrogen (secondary N) is 1. The zero-order chi connectivity index (χ0) is 22.8. The Morgan fingerprint density at radius 2 is 1.88 bits per heavy atom. The summed E-state index contributed by atoms with van der Waals surface area (Å²) in [5.74, 6) is -0.313. The molecule has 0 saturated heterocycles. The molecular weight excluding hydrogens is 454 g/mol. The number of hydrogen-bond donors (Lipinski definition) is 1. The van der Waals surface area contributed by atoms with Crippen LogP contribution < -0.4 is 0 Å². The van der Waals surface area contributed by atoms with E-state index in [1.54, 1.807) is 23.7 Å². The average Bonchev–Trinajstić information content (AvgIpc) is 3.55. The largest absolute Gasteiger partial charge is 0.465 e. The quantitative estimate of drug-likeness (QED) is 0.286.